The summed E-state index contributed by atoms with van der Waals surface area (Å²) < 4.78 is 6.85. The number of aryl methyl sites for hydroxylation is 1. The first kappa shape index (κ1) is 17.9. The first-order chi connectivity index (χ1) is 12.1. The molecule has 0 bridgehead atoms. The number of carbonyl (C=O) groups excluding carboxylic acids is 1. The third-order valence-electron chi connectivity index (χ3n) is 3.45. The summed E-state index contributed by atoms with van der Waals surface area (Å²) >= 11 is 3.74. The van der Waals surface area contributed by atoms with Crippen molar-refractivity contribution in [2.75, 3.05) is 5.32 Å². The maximum absolute atomic E-state index is 12.1. The van der Waals surface area contributed by atoms with Crippen LogP contribution in [0.2, 0.25) is 0 Å². The van der Waals surface area contributed by atoms with Crippen molar-refractivity contribution in [3.05, 3.63) is 73.7 Å². The van der Waals surface area contributed by atoms with Crippen molar-refractivity contribution in [3.8, 4) is 5.75 Å². The van der Waals surface area contributed by atoms with Gasteiger partial charge in [0.1, 0.15) is 17.4 Å². The molecule has 3 aromatic rings. The van der Waals surface area contributed by atoms with E-state index in [0.29, 0.717) is 6.61 Å². The summed E-state index contributed by atoms with van der Waals surface area (Å²) in [5.74, 6) is 0.747. The molecule has 0 radical (unpaired) electrons. The summed E-state index contributed by atoms with van der Waals surface area (Å²) in [6, 6.07) is 15.6. The number of nitrogens with zero attached hydrogens (tertiary/aromatic N) is 1. The number of anilines is 1. The number of halogens is 1. The first-order valence-electron chi connectivity index (χ1n) is 7.77. The molecular formula is C19H17IN2O2S. The van der Waals surface area contributed by atoms with E-state index in [2.05, 4.69) is 32.9 Å². The fourth-order valence-electron chi connectivity index (χ4n) is 2.18. The number of rotatable bonds is 6. The minimum atomic E-state index is -0.0717. The van der Waals surface area contributed by atoms with E-state index >= 15 is 0 Å². The van der Waals surface area contributed by atoms with Gasteiger partial charge in [0.2, 0.25) is 5.91 Å². The molecule has 0 saturated carbocycles. The van der Waals surface area contributed by atoms with Crippen LogP contribution in [-0.4, -0.2) is 10.9 Å². The quantitative estimate of drug-likeness (QED) is 0.533. The van der Waals surface area contributed by atoms with Gasteiger partial charge in [0.15, 0.2) is 0 Å². The number of amides is 1. The van der Waals surface area contributed by atoms with E-state index in [1.165, 1.54) is 16.9 Å². The topological polar surface area (TPSA) is 51.2 Å². The average Bonchev–Trinajstić information content (AvgIpc) is 3.04. The molecule has 0 spiro atoms. The highest BCUT2D eigenvalue weighted by atomic mass is 127. The van der Waals surface area contributed by atoms with E-state index < -0.39 is 0 Å². The van der Waals surface area contributed by atoms with Gasteiger partial charge >= 0.3 is 0 Å². The lowest BCUT2D eigenvalue weighted by molar-refractivity contribution is -0.115. The average molecular weight is 464 g/mol. The number of hydrogen-bond donors (Lipinski definition) is 1. The van der Waals surface area contributed by atoms with Crippen molar-refractivity contribution in [1.82, 2.24) is 4.98 Å². The summed E-state index contributed by atoms with van der Waals surface area (Å²) in [5, 5.41) is 5.64. The Balaban J connectivity index is 1.51. The summed E-state index contributed by atoms with van der Waals surface area (Å²) in [5.41, 5.74) is 2.75. The van der Waals surface area contributed by atoms with Gasteiger partial charge in [-0.2, -0.15) is 0 Å². The standard InChI is InChI=1S/C19H17IN2O2S/c1-13-2-8-17(9-3-13)24-11-19-22-16(12-25-19)10-18(23)21-15-6-4-14(20)5-7-15/h2-9,12H,10-11H2,1H3,(H,21,23). The molecule has 0 aliphatic heterocycles. The fourth-order valence-corrected chi connectivity index (χ4v) is 3.24. The van der Waals surface area contributed by atoms with Gasteiger partial charge in [0, 0.05) is 14.6 Å². The zero-order valence-electron chi connectivity index (χ0n) is 13.7. The highest BCUT2D eigenvalue weighted by Gasteiger charge is 2.09. The number of nitrogens with one attached hydrogen (secondary N) is 1. The number of carbonyl (C=O) groups is 1. The molecule has 2 aromatic carbocycles. The Morgan fingerprint density at radius 3 is 2.60 bits per heavy atom. The van der Waals surface area contributed by atoms with Crippen molar-refractivity contribution < 1.29 is 9.53 Å². The third kappa shape index (κ3) is 5.54. The van der Waals surface area contributed by atoms with Crippen LogP contribution >= 0.6 is 33.9 Å². The molecular weight excluding hydrogens is 447 g/mol. The maximum atomic E-state index is 12.1. The molecule has 0 fully saturated rings. The van der Waals surface area contributed by atoms with Crippen LogP contribution < -0.4 is 10.1 Å². The van der Waals surface area contributed by atoms with Gasteiger partial charge in [0.25, 0.3) is 0 Å². The van der Waals surface area contributed by atoms with Crippen LogP contribution in [0.25, 0.3) is 0 Å². The third-order valence-corrected chi connectivity index (χ3v) is 5.04. The van der Waals surface area contributed by atoms with Crippen LogP contribution in [0.4, 0.5) is 5.69 Å². The van der Waals surface area contributed by atoms with E-state index in [1.54, 1.807) is 0 Å². The second-order valence-electron chi connectivity index (χ2n) is 5.57. The number of ether oxygens (including phenoxy) is 1. The molecule has 0 aliphatic rings. The highest BCUT2D eigenvalue weighted by molar-refractivity contribution is 14.1. The van der Waals surface area contributed by atoms with Crippen LogP contribution in [-0.2, 0) is 17.8 Å². The molecule has 3 rings (SSSR count). The molecule has 25 heavy (non-hydrogen) atoms. The number of aromatic nitrogens is 1. The SMILES string of the molecule is Cc1ccc(OCc2nc(CC(=O)Nc3ccc(I)cc3)cs2)cc1. The van der Waals surface area contributed by atoms with Crippen LogP contribution in [0.5, 0.6) is 5.75 Å². The van der Waals surface area contributed by atoms with Crippen molar-refractivity contribution in [2.45, 2.75) is 20.0 Å². The first-order valence-corrected chi connectivity index (χ1v) is 9.72. The van der Waals surface area contributed by atoms with Gasteiger partial charge in [-0.25, -0.2) is 4.98 Å². The Labute approximate surface area is 164 Å². The smallest absolute Gasteiger partial charge is 0.230 e. The van der Waals surface area contributed by atoms with Gasteiger partial charge in [-0.1, -0.05) is 17.7 Å². The van der Waals surface area contributed by atoms with Crippen LogP contribution in [0.15, 0.2) is 53.9 Å². The minimum Gasteiger partial charge on any atom is -0.486 e. The van der Waals surface area contributed by atoms with Crippen LogP contribution in [0.3, 0.4) is 0 Å². The monoisotopic (exact) mass is 464 g/mol. The Hall–Kier alpha value is -1.93. The Kier molecular flexibility index (Phi) is 6.04. The minimum absolute atomic E-state index is 0.0717. The van der Waals surface area contributed by atoms with Crippen LogP contribution in [0, 0.1) is 10.5 Å². The summed E-state index contributed by atoms with van der Waals surface area (Å²) in [6.07, 6.45) is 0.257. The second-order valence-corrected chi connectivity index (χ2v) is 7.75. The summed E-state index contributed by atoms with van der Waals surface area (Å²) in [6.45, 7) is 2.45. The lowest BCUT2D eigenvalue weighted by Gasteiger charge is -2.04. The molecule has 0 saturated heterocycles. The molecule has 1 aromatic heterocycles. The maximum Gasteiger partial charge on any atom is 0.230 e. The van der Waals surface area contributed by atoms with E-state index in [0.717, 1.165) is 25.7 Å². The van der Waals surface area contributed by atoms with E-state index in [1.807, 2.05) is 60.8 Å². The Bertz CT molecular complexity index is 845. The Morgan fingerprint density at radius 2 is 1.88 bits per heavy atom. The fraction of sp³-hybridized carbons (Fsp3) is 0.158. The van der Waals surface area contributed by atoms with Crippen molar-refractivity contribution in [1.29, 1.82) is 0 Å². The number of thiazole rings is 1. The molecule has 4 nitrogen and oxygen atoms in total. The summed E-state index contributed by atoms with van der Waals surface area (Å²) in [4.78, 5) is 16.6. The van der Waals surface area contributed by atoms with E-state index in [4.69, 9.17) is 4.74 Å². The largest absolute Gasteiger partial charge is 0.486 e. The molecule has 1 N–H and O–H groups in total. The molecule has 0 aliphatic carbocycles. The predicted octanol–water partition coefficient (Wildman–Crippen LogP) is 4.82. The molecule has 6 heteroatoms. The highest BCUT2D eigenvalue weighted by Crippen LogP contribution is 2.17. The number of benzene rings is 2. The molecule has 0 atom stereocenters. The second kappa shape index (κ2) is 8.44. The van der Waals surface area contributed by atoms with Gasteiger partial charge in [0.05, 0.1) is 12.1 Å². The van der Waals surface area contributed by atoms with E-state index in [-0.39, 0.29) is 12.3 Å². The lowest BCUT2D eigenvalue weighted by atomic mass is 10.2. The zero-order valence-corrected chi connectivity index (χ0v) is 16.6. The van der Waals surface area contributed by atoms with Crippen molar-refractivity contribution >= 4 is 45.5 Å². The van der Waals surface area contributed by atoms with Crippen molar-refractivity contribution in [3.63, 3.8) is 0 Å². The van der Waals surface area contributed by atoms with Crippen LogP contribution in [0.1, 0.15) is 16.3 Å². The van der Waals surface area contributed by atoms with Gasteiger partial charge in [-0.15, -0.1) is 11.3 Å². The predicted molar refractivity (Wildman–Crippen MR) is 109 cm³/mol. The van der Waals surface area contributed by atoms with Gasteiger partial charge < -0.3 is 10.1 Å². The molecule has 1 heterocycles. The molecule has 128 valence electrons. The molecule has 1 amide bonds. The zero-order chi connectivity index (χ0) is 17.6. The number of hydrogen-bond acceptors (Lipinski definition) is 4. The lowest BCUT2D eigenvalue weighted by Crippen LogP contribution is -2.14. The van der Waals surface area contributed by atoms with Crippen molar-refractivity contribution in [2.24, 2.45) is 0 Å². The van der Waals surface area contributed by atoms with Gasteiger partial charge in [-0.05, 0) is 65.9 Å². The summed E-state index contributed by atoms with van der Waals surface area (Å²) in [7, 11) is 0. The Morgan fingerprint density at radius 1 is 1.16 bits per heavy atom. The van der Waals surface area contributed by atoms with E-state index in [9.17, 15) is 4.79 Å². The normalized spacial score (nSPS) is 10.5. The van der Waals surface area contributed by atoms with Gasteiger partial charge in [-0.3, -0.25) is 4.79 Å². The molecule has 0 unspecified atom stereocenters.